The summed E-state index contributed by atoms with van der Waals surface area (Å²) in [5.74, 6) is 1.39. The van der Waals surface area contributed by atoms with Gasteiger partial charge in [0.25, 0.3) is 5.91 Å². The van der Waals surface area contributed by atoms with E-state index in [9.17, 15) is 9.59 Å². The van der Waals surface area contributed by atoms with Crippen LogP contribution in [0.1, 0.15) is 60.2 Å². The molecule has 0 bridgehead atoms. The summed E-state index contributed by atoms with van der Waals surface area (Å²) in [4.78, 5) is 37.1. The number of para-hydroxylation sites is 1. The lowest BCUT2D eigenvalue weighted by Crippen LogP contribution is -2.30. The van der Waals surface area contributed by atoms with Gasteiger partial charge in [-0.2, -0.15) is 4.98 Å². The van der Waals surface area contributed by atoms with Crippen LogP contribution in [0.2, 0.25) is 0 Å². The van der Waals surface area contributed by atoms with Gasteiger partial charge in [-0.3, -0.25) is 9.59 Å². The second-order valence-electron chi connectivity index (χ2n) is 11.7. The smallest absolute Gasteiger partial charge is 0.262 e. The third-order valence-corrected chi connectivity index (χ3v) is 8.30. The zero-order valence-electron chi connectivity index (χ0n) is 27.6. The van der Waals surface area contributed by atoms with E-state index in [0.717, 1.165) is 46.8 Å². The molecule has 10 heteroatoms. The van der Waals surface area contributed by atoms with Gasteiger partial charge in [-0.1, -0.05) is 30.3 Å². The van der Waals surface area contributed by atoms with Gasteiger partial charge in [0.15, 0.2) is 0 Å². The van der Waals surface area contributed by atoms with Gasteiger partial charge in [-0.05, 0) is 107 Å². The van der Waals surface area contributed by atoms with Crippen LogP contribution in [0.15, 0.2) is 72.9 Å². The summed E-state index contributed by atoms with van der Waals surface area (Å²) in [6.07, 6.45) is 4.74. The molecule has 1 aromatic heterocycles. The number of carbonyl (C=O) groups is 2. The summed E-state index contributed by atoms with van der Waals surface area (Å²) in [7, 11) is 0. The Morgan fingerprint density at radius 2 is 1.72 bits per heavy atom. The highest BCUT2D eigenvalue weighted by Crippen LogP contribution is 2.29. The van der Waals surface area contributed by atoms with Crippen LogP contribution >= 0.6 is 0 Å². The van der Waals surface area contributed by atoms with Crippen molar-refractivity contribution in [3.63, 3.8) is 0 Å². The third kappa shape index (κ3) is 9.07. The molecule has 2 heterocycles. The highest BCUT2D eigenvalue weighted by molar-refractivity contribution is 6.06. The molecule has 4 aromatic rings. The van der Waals surface area contributed by atoms with E-state index >= 15 is 0 Å². The minimum absolute atomic E-state index is 0.103. The molecule has 1 aliphatic rings. The van der Waals surface area contributed by atoms with Crippen molar-refractivity contribution in [1.29, 1.82) is 0 Å². The van der Waals surface area contributed by atoms with E-state index in [1.165, 1.54) is 12.6 Å². The highest BCUT2D eigenvalue weighted by atomic mass is 16.5. The van der Waals surface area contributed by atoms with Crippen molar-refractivity contribution in [3.05, 3.63) is 95.2 Å². The van der Waals surface area contributed by atoms with Gasteiger partial charge in [-0.25, -0.2) is 4.98 Å². The van der Waals surface area contributed by atoms with Gasteiger partial charge in [0.1, 0.15) is 23.7 Å². The first-order chi connectivity index (χ1) is 22.8. The van der Waals surface area contributed by atoms with Gasteiger partial charge in [0, 0.05) is 43.1 Å². The van der Waals surface area contributed by atoms with Crippen molar-refractivity contribution in [1.82, 2.24) is 20.2 Å². The fourth-order valence-corrected chi connectivity index (χ4v) is 5.57. The molecule has 0 radical (unpaired) electrons. The monoisotopic (exact) mass is 636 g/mol. The Hall–Kier alpha value is -4.96. The number of carbonyl (C=O) groups excluding carboxylic acids is 2. The van der Waals surface area contributed by atoms with Crippen molar-refractivity contribution in [2.45, 2.75) is 59.4 Å². The maximum atomic E-state index is 13.6. The van der Waals surface area contributed by atoms with Crippen molar-refractivity contribution in [2.24, 2.45) is 0 Å². The number of nitrogens with one attached hydrogen (secondary N) is 3. The average Bonchev–Trinajstić information content (AvgIpc) is 3.60. The summed E-state index contributed by atoms with van der Waals surface area (Å²) in [5, 5.41) is 9.66. The Kier molecular flexibility index (Phi) is 11.4. The van der Waals surface area contributed by atoms with E-state index < -0.39 is 0 Å². The first-order valence-corrected chi connectivity index (χ1v) is 16.3. The largest absolute Gasteiger partial charge is 0.492 e. The Morgan fingerprint density at radius 3 is 2.43 bits per heavy atom. The molecule has 3 aromatic carbocycles. The molecule has 1 saturated heterocycles. The summed E-state index contributed by atoms with van der Waals surface area (Å²) in [6.45, 7) is 10.9. The van der Waals surface area contributed by atoms with Crippen LogP contribution in [0.25, 0.3) is 0 Å². The topological polar surface area (TPSA) is 118 Å². The van der Waals surface area contributed by atoms with E-state index in [-0.39, 0.29) is 29.2 Å². The number of aromatic nitrogens is 2. The van der Waals surface area contributed by atoms with Gasteiger partial charge < -0.3 is 30.3 Å². The minimum atomic E-state index is -0.386. The van der Waals surface area contributed by atoms with Crippen LogP contribution in [-0.2, 0) is 11.2 Å². The number of nitrogens with zero attached hydrogens (tertiary/aromatic N) is 3. The quantitative estimate of drug-likeness (QED) is 0.138. The standard InChI is InChI=1S/C37H44N6O4/c1-5-43(6-2)33(44)20-15-27-12-8-14-31(22-27)47-36-32(35(45)41-34-25(3)10-7-11-26(34)4)23-39-37(42-36)40-28-16-18-30(19-17-28)46-24-29-13-9-21-38-29/h7-8,10-12,14,16-19,22-23,29,38H,5-6,9,13,15,20-21,24H2,1-4H3,(H,41,45)(H,39,40,42)/t29-/m1/s1. The normalized spacial score (nSPS) is 14.0. The van der Waals surface area contributed by atoms with Crippen molar-refractivity contribution in [2.75, 3.05) is 36.9 Å². The number of hydrogen-bond donors (Lipinski definition) is 3. The maximum absolute atomic E-state index is 13.6. The number of rotatable bonds is 14. The number of amides is 2. The number of ether oxygens (including phenoxy) is 2. The van der Waals surface area contributed by atoms with Crippen LogP contribution in [0.4, 0.5) is 17.3 Å². The fraction of sp³-hybridized carbons (Fsp3) is 0.351. The zero-order chi connectivity index (χ0) is 33.2. The molecular formula is C37H44N6O4. The molecular weight excluding hydrogens is 592 g/mol. The third-order valence-electron chi connectivity index (χ3n) is 8.30. The molecule has 47 heavy (non-hydrogen) atoms. The second kappa shape index (κ2) is 16.0. The summed E-state index contributed by atoms with van der Waals surface area (Å²) >= 11 is 0. The summed E-state index contributed by atoms with van der Waals surface area (Å²) < 4.78 is 12.2. The highest BCUT2D eigenvalue weighted by Gasteiger charge is 2.20. The molecule has 1 fully saturated rings. The molecule has 10 nitrogen and oxygen atoms in total. The zero-order valence-corrected chi connectivity index (χ0v) is 27.6. The summed E-state index contributed by atoms with van der Waals surface area (Å²) in [6, 6.07) is 21.3. The van der Waals surface area contributed by atoms with Crippen LogP contribution in [0, 0.1) is 13.8 Å². The average molecular weight is 637 g/mol. The van der Waals surface area contributed by atoms with Gasteiger partial charge >= 0.3 is 0 Å². The molecule has 0 spiro atoms. The molecule has 5 rings (SSSR count). The lowest BCUT2D eigenvalue weighted by Gasteiger charge is -2.18. The van der Waals surface area contributed by atoms with Gasteiger partial charge in [0.05, 0.1) is 0 Å². The van der Waals surface area contributed by atoms with Crippen LogP contribution in [0.3, 0.4) is 0 Å². The Labute approximate surface area is 276 Å². The minimum Gasteiger partial charge on any atom is -0.492 e. The van der Waals surface area contributed by atoms with Crippen LogP contribution in [-0.4, -0.2) is 59.0 Å². The molecule has 0 aliphatic carbocycles. The van der Waals surface area contributed by atoms with Crippen molar-refractivity contribution >= 4 is 29.1 Å². The Bertz CT molecular complexity index is 1650. The lowest BCUT2D eigenvalue weighted by atomic mass is 10.1. The van der Waals surface area contributed by atoms with E-state index in [2.05, 4.69) is 25.9 Å². The molecule has 1 atom stereocenters. The SMILES string of the molecule is CCN(CC)C(=O)CCc1cccc(Oc2nc(Nc3ccc(OC[C@H]4CCCN4)cc3)ncc2C(=O)Nc2c(C)cccc2C)c1. The lowest BCUT2D eigenvalue weighted by molar-refractivity contribution is -0.130. The predicted molar refractivity (Wildman–Crippen MR) is 185 cm³/mol. The molecule has 246 valence electrons. The first kappa shape index (κ1) is 33.4. The maximum Gasteiger partial charge on any atom is 0.262 e. The second-order valence-corrected chi connectivity index (χ2v) is 11.7. The van der Waals surface area contributed by atoms with Crippen molar-refractivity contribution in [3.8, 4) is 17.4 Å². The Morgan fingerprint density at radius 1 is 0.979 bits per heavy atom. The van der Waals surface area contributed by atoms with Crippen molar-refractivity contribution < 1.29 is 19.1 Å². The van der Waals surface area contributed by atoms with Crippen LogP contribution < -0.4 is 25.4 Å². The molecule has 0 saturated carbocycles. The van der Waals surface area contributed by atoms with Gasteiger partial charge in [-0.15, -0.1) is 0 Å². The molecule has 0 unspecified atom stereocenters. The fourth-order valence-electron chi connectivity index (χ4n) is 5.57. The number of benzene rings is 3. The summed E-state index contributed by atoms with van der Waals surface area (Å²) in [5.41, 5.74) is 4.51. The van der Waals surface area contributed by atoms with Gasteiger partial charge in [0.2, 0.25) is 17.7 Å². The molecule has 2 amide bonds. The Balaban J connectivity index is 1.35. The van der Waals surface area contributed by atoms with E-state index in [0.29, 0.717) is 44.3 Å². The number of aryl methyl sites for hydroxylation is 3. The number of anilines is 3. The van der Waals surface area contributed by atoms with E-state index in [4.69, 9.17) is 9.47 Å². The van der Waals surface area contributed by atoms with E-state index in [1.807, 2.05) is 93.3 Å². The predicted octanol–water partition coefficient (Wildman–Crippen LogP) is 6.81. The van der Waals surface area contributed by atoms with Crippen LogP contribution in [0.5, 0.6) is 17.4 Å². The van der Waals surface area contributed by atoms with E-state index in [1.54, 1.807) is 6.07 Å². The molecule has 3 N–H and O–H groups in total. The molecule has 1 aliphatic heterocycles. The first-order valence-electron chi connectivity index (χ1n) is 16.3. The number of hydrogen-bond acceptors (Lipinski definition) is 8.